The highest BCUT2D eigenvalue weighted by atomic mass is 15.1. The van der Waals surface area contributed by atoms with E-state index in [2.05, 4.69) is 240 Å². The molecule has 11 rings (SSSR count). The number of anilines is 3. The fourth-order valence-corrected chi connectivity index (χ4v) is 8.75. The fraction of sp³-hybridized carbons (Fsp3) is 0. The van der Waals surface area contributed by atoms with E-state index in [1.54, 1.807) is 0 Å². The summed E-state index contributed by atoms with van der Waals surface area (Å²) in [5, 5.41) is 7.44. The number of para-hydroxylation sites is 1. The van der Waals surface area contributed by atoms with Crippen molar-refractivity contribution in [1.82, 2.24) is 4.57 Å². The van der Waals surface area contributed by atoms with E-state index in [0.717, 1.165) is 22.7 Å². The fourth-order valence-electron chi connectivity index (χ4n) is 8.75. The lowest BCUT2D eigenvalue weighted by Crippen LogP contribution is -2.10. The van der Waals surface area contributed by atoms with E-state index in [-0.39, 0.29) is 0 Å². The molecule has 1 aromatic heterocycles. The second-order valence-corrected chi connectivity index (χ2v) is 15.0. The zero-order chi connectivity index (χ0) is 38.4. The Kier molecular flexibility index (Phi) is 8.19. The minimum atomic E-state index is 1.10. The van der Waals surface area contributed by atoms with Crippen molar-refractivity contribution in [3.05, 3.63) is 231 Å². The predicted molar refractivity (Wildman–Crippen MR) is 247 cm³/mol. The molecule has 10 aromatic carbocycles. The Balaban J connectivity index is 1.01. The quantitative estimate of drug-likeness (QED) is 0.148. The molecule has 58 heavy (non-hydrogen) atoms. The Hall–Kier alpha value is -7.68. The van der Waals surface area contributed by atoms with E-state index < -0.39 is 0 Å². The third-order valence-corrected chi connectivity index (χ3v) is 11.6. The van der Waals surface area contributed by atoms with Gasteiger partial charge in [0.2, 0.25) is 0 Å². The Bertz CT molecular complexity index is 3230. The van der Waals surface area contributed by atoms with Gasteiger partial charge < -0.3 is 9.47 Å². The maximum absolute atomic E-state index is 2.41. The van der Waals surface area contributed by atoms with Crippen LogP contribution in [0.3, 0.4) is 0 Å². The van der Waals surface area contributed by atoms with E-state index in [4.69, 9.17) is 0 Å². The summed E-state index contributed by atoms with van der Waals surface area (Å²) in [4.78, 5) is 2.41. The minimum Gasteiger partial charge on any atom is -0.310 e. The van der Waals surface area contributed by atoms with Gasteiger partial charge in [-0.1, -0.05) is 170 Å². The lowest BCUT2D eigenvalue weighted by atomic mass is 9.98. The third kappa shape index (κ3) is 5.82. The van der Waals surface area contributed by atoms with Gasteiger partial charge in [-0.05, 0) is 110 Å². The van der Waals surface area contributed by atoms with Crippen LogP contribution in [0.4, 0.5) is 17.1 Å². The highest BCUT2D eigenvalue weighted by Crippen LogP contribution is 2.43. The van der Waals surface area contributed by atoms with Gasteiger partial charge >= 0.3 is 0 Å². The molecular formula is C56H38N2. The predicted octanol–water partition coefficient (Wildman–Crippen LogP) is 15.6. The molecule has 0 saturated heterocycles. The Morgan fingerprint density at radius 2 is 0.724 bits per heavy atom. The average Bonchev–Trinajstić information content (AvgIpc) is 3.64. The van der Waals surface area contributed by atoms with E-state index >= 15 is 0 Å². The normalized spacial score (nSPS) is 11.4. The van der Waals surface area contributed by atoms with Gasteiger partial charge in [-0.25, -0.2) is 0 Å². The summed E-state index contributed by atoms with van der Waals surface area (Å²) in [5.74, 6) is 0. The van der Waals surface area contributed by atoms with Crippen LogP contribution in [-0.4, -0.2) is 4.57 Å². The van der Waals surface area contributed by atoms with Crippen LogP contribution in [0, 0.1) is 0 Å². The summed E-state index contributed by atoms with van der Waals surface area (Å²) in [6.45, 7) is 0. The summed E-state index contributed by atoms with van der Waals surface area (Å²) >= 11 is 0. The van der Waals surface area contributed by atoms with Crippen LogP contribution in [0.25, 0.3) is 82.4 Å². The van der Waals surface area contributed by atoms with Crippen molar-refractivity contribution in [3.63, 3.8) is 0 Å². The van der Waals surface area contributed by atoms with Crippen molar-refractivity contribution in [2.45, 2.75) is 0 Å². The Labute approximate surface area is 338 Å². The molecule has 0 atom stereocenters. The summed E-state index contributed by atoms with van der Waals surface area (Å²) in [6, 6.07) is 83.6. The zero-order valence-electron chi connectivity index (χ0n) is 31.8. The highest BCUT2D eigenvalue weighted by Gasteiger charge is 2.19. The number of hydrogen-bond acceptors (Lipinski definition) is 1. The monoisotopic (exact) mass is 738 g/mol. The largest absolute Gasteiger partial charge is 0.310 e. The van der Waals surface area contributed by atoms with E-state index in [9.17, 15) is 0 Å². The molecule has 0 spiro atoms. The molecule has 272 valence electrons. The molecule has 0 amide bonds. The minimum absolute atomic E-state index is 1.10. The molecule has 1 heterocycles. The van der Waals surface area contributed by atoms with E-state index in [1.807, 2.05) is 0 Å². The van der Waals surface area contributed by atoms with Crippen molar-refractivity contribution >= 4 is 60.4 Å². The van der Waals surface area contributed by atoms with Gasteiger partial charge in [-0.3, -0.25) is 0 Å². The van der Waals surface area contributed by atoms with Crippen molar-refractivity contribution < 1.29 is 0 Å². The number of hydrogen-bond donors (Lipinski definition) is 0. The topological polar surface area (TPSA) is 8.17 Å². The maximum Gasteiger partial charge on any atom is 0.0546 e. The van der Waals surface area contributed by atoms with Gasteiger partial charge in [-0.2, -0.15) is 0 Å². The molecule has 0 aliphatic heterocycles. The molecule has 0 N–H and O–H groups in total. The number of rotatable bonds is 7. The van der Waals surface area contributed by atoms with E-state index in [0.29, 0.717) is 0 Å². The van der Waals surface area contributed by atoms with E-state index in [1.165, 1.54) is 76.7 Å². The second-order valence-electron chi connectivity index (χ2n) is 15.0. The van der Waals surface area contributed by atoms with Crippen LogP contribution in [-0.2, 0) is 0 Å². The first kappa shape index (κ1) is 33.6. The van der Waals surface area contributed by atoms with Gasteiger partial charge in [-0.15, -0.1) is 0 Å². The maximum atomic E-state index is 2.41. The molecule has 0 fully saturated rings. The van der Waals surface area contributed by atoms with Gasteiger partial charge in [0.25, 0.3) is 0 Å². The van der Waals surface area contributed by atoms with Gasteiger partial charge in [0, 0.05) is 33.2 Å². The SMILES string of the molecule is c1ccc(-c2ccc(N(c3ccc(-c4ccc5c(c4)c4ccccc4n5-c4ccc(-c5ccccc5)cc4)cc3)c3cc4ccccc4c4ccccc34)cc2)cc1. The molecule has 0 aliphatic rings. The lowest BCUT2D eigenvalue weighted by molar-refractivity contribution is 1.18. The summed E-state index contributed by atoms with van der Waals surface area (Å²) in [5.41, 5.74) is 14.1. The molecule has 11 aromatic rings. The molecule has 0 saturated carbocycles. The first-order valence-corrected chi connectivity index (χ1v) is 19.9. The van der Waals surface area contributed by atoms with Crippen LogP contribution in [0.15, 0.2) is 231 Å². The smallest absolute Gasteiger partial charge is 0.0546 e. The number of aromatic nitrogens is 1. The number of benzene rings is 10. The molecule has 0 aliphatic carbocycles. The molecule has 0 radical (unpaired) electrons. The lowest BCUT2D eigenvalue weighted by Gasteiger charge is -2.28. The molecule has 0 bridgehead atoms. The molecule has 0 unspecified atom stereocenters. The average molecular weight is 739 g/mol. The second kappa shape index (κ2) is 14.1. The number of nitrogens with zero attached hydrogens (tertiary/aromatic N) is 2. The van der Waals surface area contributed by atoms with Crippen molar-refractivity contribution in [2.75, 3.05) is 4.90 Å². The van der Waals surface area contributed by atoms with Crippen LogP contribution in [0.5, 0.6) is 0 Å². The third-order valence-electron chi connectivity index (χ3n) is 11.6. The summed E-state index contributed by atoms with van der Waals surface area (Å²) in [7, 11) is 0. The molecular weight excluding hydrogens is 701 g/mol. The number of fused-ring (bicyclic) bond motifs is 6. The van der Waals surface area contributed by atoms with Crippen LogP contribution >= 0.6 is 0 Å². The van der Waals surface area contributed by atoms with Crippen LogP contribution in [0.2, 0.25) is 0 Å². The van der Waals surface area contributed by atoms with Gasteiger partial charge in [0.05, 0.1) is 16.7 Å². The molecule has 2 heteroatoms. The first-order chi connectivity index (χ1) is 28.8. The summed E-state index contributed by atoms with van der Waals surface area (Å²) < 4.78 is 2.39. The molecule has 2 nitrogen and oxygen atoms in total. The van der Waals surface area contributed by atoms with Crippen LogP contribution < -0.4 is 4.90 Å². The summed E-state index contributed by atoms with van der Waals surface area (Å²) in [6.07, 6.45) is 0. The first-order valence-electron chi connectivity index (χ1n) is 19.9. The van der Waals surface area contributed by atoms with Crippen molar-refractivity contribution in [2.24, 2.45) is 0 Å². The standard InChI is InChI=1S/C56H38N2/c1-3-13-39(14-4-1)41-23-30-46(31-24-41)57(56-38-45-17-7-8-18-49(45)50-19-9-10-20-51(50)56)47-32-27-43(28-33-47)44-29-36-55-53(37-44)52-21-11-12-22-54(52)58(55)48-34-25-42(26-35-48)40-15-5-2-6-16-40/h1-38H. The van der Waals surface area contributed by atoms with Gasteiger partial charge in [0.1, 0.15) is 0 Å². The van der Waals surface area contributed by atoms with Gasteiger partial charge in [0.15, 0.2) is 0 Å². The van der Waals surface area contributed by atoms with Crippen LogP contribution in [0.1, 0.15) is 0 Å². The zero-order valence-corrected chi connectivity index (χ0v) is 31.8. The highest BCUT2D eigenvalue weighted by molar-refractivity contribution is 6.15. The Morgan fingerprint density at radius 1 is 0.276 bits per heavy atom. The van der Waals surface area contributed by atoms with Crippen molar-refractivity contribution in [1.29, 1.82) is 0 Å². The Morgan fingerprint density at radius 3 is 1.36 bits per heavy atom. The van der Waals surface area contributed by atoms with Crippen molar-refractivity contribution in [3.8, 4) is 39.1 Å².